The van der Waals surface area contributed by atoms with Crippen molar-refractivity contribution in [3.63, 3.8) is 0 Å². The number of aryl methyl sites for hydroxylation is 1. The summed E-state index contributed by atoms with van der Waals surface area (Å²) in [5, 5.41) is 9.51. The summed E-state index contributed by atoms with van der Waals surface area (Å²) < 4.78 is 17.4. The van der Waals surface area contributed by atoms with Crippen LogP contribution in [0.3, 0.4) is 0 Å². The highest BCUT2D eigenvalue weighted by Crippen LogP contribution is 2.18. The Morgan fingerprint density at radius 2 is 1.75 bits per heavy atom. The molecular formula is C12H25N3O3SSi. The second-order valence-electron chi connectivity index (χ2n) is 4.07. The quantitative estimate of drug-likeness (QED) is 0.461. The fourth-order valence-corrected chi connectivity index (χ4v) is 4.84. The Kier molecular flexibility index (Phi) is 8.39. The van der Waals surface area contributed by atoms with E-state index in [4.69, 9.17) is 13.3 Å². The van der Waals surface area contributed by atoms with E-state index in [9.17, 15) is 0 Å². The summed E-state index contributed by atoms with van der Waals surface area (Å²) in [5.74, 6) is 0. The first-order chi connectivity index (χ1) is 9.69. The van der Waals surface area contributed by atoms with Crippen LogP contribution in [0.4, 0.5) is 0 Å². The molecule has 0 N–H and O–H groups in total. The molecule has 116 valence electrons. The Balaban J connectivity index is 2.51. The van der Waals surface area contributed by atoms with Gasteiger partial charge in [-0.2, -0.15) is 9.90 Å². The summed E-state index contributed by atoms with van der Waals surface area (Å²) in [6, 6.07) is 0.790. The minimum Gasteiger partial charge on any atom is -0.374 e. The number of nitrogens with zero attached hydrogens (tertiary/aromatic N) is 3. The van der Waals surface area contributed by atoms with E-state index < -0.39 is 8.80 Å². The minimum atomic E-state index is -2.52. The molecule has 0 atom stereocenters. The Bertz CT molecular complexity index is 362. The van der Waals surface area contributed by atoms with Crippen LogP contribution in [0.1, 0.15) is 27.2 Å². The number of hydrogen-bond acceptors (Lipinski definition) is 6. The van der Waals surface area contributed by atoms with Crippen molar-refractivity contribution in [3.05, 3.63) is 6.20 Å². The third-order valence-electron chi connectivity index (χ3n) is 2.66. The molecule has 0 radical (unpaired) electrons. The standard InChI is InChI=1S/C12H25N3O3SSi/c1-5-16-20(17-6-2,18-7-3)10-8-9-15-13-11-12(14-15)19-4/h11H,5-10H2,1-4H3. The fraction of sp³-hybridized carbons (Fsp3) is 0.833. The van der Waals surface area contributed by atoms with Crippen molar-refractivity contribution in [1.82, 2.24) is 15.0 Å². The van der Waals surface area contributed by atoms with E-state index in [1.54, 1.807) is 22.8 Å². The SMILES string of the molecule is CCO[Si](CCCn1ncc(SC)n1)(OCC)OCC. The molecule has 6 nitrogen and oxygen atoms in total. The number of hydrogen-bond donors (Lipinski definition) is 0. The molecular weight excluding hydrogens is 294 g/mol. The molecule has 1 aromatic rings. The van der Waals surface area contributed by atoms with Gasteiger partial charge in [0.1, 0.15) is 5.03 Å². The first-order valence-electron chi connectivity index (χ1n) is 7.05. The van der Waals surface area contributed by atoms with Crippen LogP contribution in [-0.4, -0.2) is 49.9 Å². The lowest BCUT2D eigenvalue weighted by Gasteiger charge is -2.28. The Morgan fingerprint density at radius 3 is 2.20 bits per heavy atom. The number of aromatic nitrogens is 3. The van der Waals surface area contributed by atoms with Crippen molar-refractivity contribution in [2.75, 3.05) is 26.1 Å². The summed E-state index contributed by atoms with van der Waals surface area (Å²) in [5.41, 5.74) is 0. The maximum Gasteiger partial charge on any atom is 0.500 e. The summed E-state index contributed by atoms with van der Waals surface area (Å²) in [7, 11) is -2.52. The molecule has 1 heterocycles. The second kappa shape index (κ2) is 9.51. The molecule has 1 aromatic heterocycles. The van der Waals surface area contributed by atoms with Crippen molar-refractivity contribution in [1.29, 1.82) is 0 Å². The van der Waals surface area contributed by atoms with Gasteiger partial charge in [-0.25, -0.2) is 0 Å². The van der Waals surface area contributed by atoms with Gasteiger partial charge in [-0.1, -0.05) is 0 Å². The van der Waals surface area contributed by atoms with Crippen LogP contribution in [0.5, 0.6) is 0 Å². The van der Waals surface area contributed by atoms with E-state index in [1.165, 1.54) is 0 Å². The first-order valence-corrected chi connectivity index (χ1v) is 10.2. The Morgan fingerprint density at radius 1 is 1.15 bits per heavy atom. The smallest absolute Gasteiger partial charge is 0.374 e. The molecule has 1 rings (SSSR count). The lowest BCUT2D eigenvalue weighted by molar-refractivity contribution is 0.0703. The fourth-order valence-electron chi connectivity index (χ4n) is 1.92. The zero-order valence-electron chi connectivity index (χ0n) is 12.8. The maximum absolute atomic E-state index is 5.82. The monoisotopic (exact) mass is 319 g/mol. The normalized spacial score (nSPS) is 12.0. The molecule has 0 aliphatic rings. The maximum atomic E-state index is 5.82. The molecule has 0 aliphatic heterocycles. The van der Waals surface area contributed by atoms with Crippen molar-refractivity contribution >= 4 is 20.6 Å². The average Bonchev–Trinajstić information content (AvgIpc) is 2.88. The van der Waals surface area contributed by atoms with Gasteiger partial charge in [0.15, 0.2) is 0 Å². The van der Waals surface area contributed by atoms with E-state index in [-0.39, 0.29) is 0 Å². The van der Waals surface area contributed by atoms with Gasteiger partial charge in [0.2, 0.25) is 0 Å². The van der Waals surface area contributed by atoms with Crippen molar-refractivity contribution in [2.24, 2.45) is 0 Å². The molecule has 0 aromatic carbocycles. The average molecular weight is 320 g/mol. The van der Waals surface area contributed by atoms with Crippen LogP contribution in [0, 0.1) is 0 Å². The molecule has 0 spiro atoms. The van der Waals surface area contributed by atoms with Crippen LogP contribution < -0.4 is 0 Å². The van der Waals surface area contributed by atoms with Crippen molar-refractivity contribution < 1.29 is 13.3 Å². The van der Waals surface area contributed by atoms with Gasteiger partial charge < -0.3 is 13.3 Å². The molecule has 20 heavy (non-hydrogen) atoms. The van der Waals surface area contributed by atoms with Crippen molar-refractivity contribution in [3.8, 4) is 0 Å². The van der Waals surface area contributed by atoms with Crippen LogP contribution in [0.25, 0.3) is 0 Å². The molecule has 8 heteroatoms. The summed E-state index contributed by atoms with van der Waals surface area (Å²) in [4.78, 5) is 1.72. The van der Waals surface area contributed by atoms with Crippen LogP contribution in [0.2, 0.25) is 6.04 Å². The molecule has 0 unspecified atom stereocenters. The molecule has 0 aliphatic carbocycles. The van der Waals surface area contributed by atoms with Gasteiger partial charge in [-0.05, 0) is 33.4 Å². The predicted octanol–water partition coefficient (Wildman–Crippen LogP) is 2.44. The van der Waals surface area contributed by atoms with E-state index in [2.05, 4.69) is 10.2 Å². The molecule has 0 saturated heterocycles. The Hall–Kier alpha value is -0.413. The second-order valence-corrected chi connectivity index (χ2v) is 7.63. The number of thioether (sulfide) groups is 1. The molecule has 0 amide bonds. The van der Waals surface area contributed by atoms with Gasteiger partial charge in [-0.15, -0.1) is 16.9 Å². The van der Waals surface area contributed by atoms with E-state index in [0.29, 0.717) is 19.8 Å². The lowest BCUT2D eigenvalue weighted by Crippen LogP contribution is -2.46. The molecule has 0 saturated carbocycles. The van der Waals surface area contributed by atoms with Gasteiger partial charge >= 0.3 is 8.80 Å². The molecule has 0 fully saturated rings. The van der Waals surface area contributed by atoms with Crippen molar-refractivity contribution in [2.45, 2.75) is 44.8 Å². The lowest BCUT2D eigenvalue weighted by atomic mass is 10.5. The van der Waals surface area contributed by atoms with Crippen LogP contribution >= 0.6 is 11.8 Å². The van der Waals surface area contributed by atoms with E-state index in [0.717, 1.165) is 24.0 Å². The van der Waals surface area contributed by atoms with Gasteiger partial charge in [-0.3, -0.25) is 0 Å². The third kappa shape index (κ3) is 5.53. The largest absolute Gasteiger partial charge is 0.500 e. The highest BCUT2D eigenvalue weighted by Gasteiger charge is 2.39. The highest BCUT2D eigenvalue weighted by atomic mass is 32.2. The third-order valence-corrected chi connectivity index (χ3v) is 6.42. The highest BCUT2D eigenvalue weighted by molar-refractivity contribution is 7.98. The van der Waals surface area contributed by atoms with Gasteiger partial charge in [0.25, 0.3) is 0 Å². The summed E-state index contributed by atoms with van der Waals surface area (Å²) in [6.45, 7) is 8.51. The van der Waals surface area contributed by atoms with Gasteiger partial charge in [0, 0.05) is 25.9 Å². The molecule has 0 bridgehead atoms. The predicted molar refractivity (Wildman–Crippen MR) is 81.9 cm³/mol. The van der Waals surface area contributed by atoms with Crippen LogP contribution in [-0.2, 0) is 19.8 Å². The minimum absolute atomic E-state index is 0.614. The first kappa shape index (κ1) is 17.6. The zero-order valence-corrected chi connectivity index (χ0v) is 14.6. The topological polar surface area (TPSA) is 58.4 Å². The number of rotatable bonds is 11. The Labute approximate surface area is 126 Å². The van der Waals surface area contributed by atoms with Gasteiger partial charge in [0.05, 0.1) is 12.7 Å². The van der Waals surface area contributed by atoms with E-state index >= 15 is 0 Å². The zero-order chi connectivity index (χ0) is 14.8. The summed E-state index contributed by atoms with van der Waals surface area (Å²) >= 11 is 1.59. The summed E-state index contributed by atoms with van der Waals surface area (Å²) in [6.07, 6.45) is 4.66. The van der Waals surface area contributed by atoms with E-state index in [1.807, 2.05) is 27.0 Å². The van der Waals surface area contributed by atoms with Crippen LogP contribution in [0.15, 0.2) is 11.2 Å².